The second kappa shape index (κ2) is 10.3. The Labute approximate surface area is 196 Å². The van der Waals surface area contributed by atoms with Gasteiger partial charge in [0.1, 0.15) is 5.75 Å². The zero-order valence-electron chi connectivity index (χ0n) is 17.8. The van der Waals surface area contributed by atoms with Gasteiger partial charge in [0.25, 0.3) is 0 Å². The van der Waals surface area contributed by atoms with Crippen molar-refractivity contribution in [3.8, 4) is 11.4 Å². The molecule has 3 aromatic rings. The number of aromatic nitrogens is 1. The first-order valence-electron chi connectivity index (χ1n) is 9.82. The predicted molar refractivity (Wildman–Crippen MR) is 127 cm³/mol. The van der Waals surface area contributed by atoms with Crippen LogP contribution in [0.1, 0.15) is 23.9 Å². The second-order valence-corrected chi connectivity index (χ2v) is 7.68. The lowest BCUT2D eigenvalue weighted by Crippen LogP contribution is -2.32. The first kappa shape index (κ1) is 23.4. The number of anilines is 1. The summed E-state index contributed by atoms with van der Waals surface area (Å²) in [4.78, 5) is 24.4. The van der Waals surface area contributed by atoms with E-state index in [4.69, 9.17) is 27.9 Å². The van der Waals surface area contributed by atoms with Crippen LogP contribution in [0.2, 0.25) is 10.0 Å². The standard InChI is InChI=1S/C23H22Cl2N4O3/c1-4-32-21-8-6-5-7-19(21)27-22(30)23(31)28-26-13-16-11-14(2)29(15(16)3)20-10-9-17(24)12-18(20)25/h5-13H,4H2,1-3H3,(H,27,30)(H,28,31)/b26-13-. The fourth-order valence-electron chi connectivity index (χ4n) is 3.19. The third-order valence-corrected chi connectivity index (χ3v) is 5.17. The third kappa shape index (κ3) is 5.30. The second-order valence-electron chi connectivity index (χ2n) is 6.84. The summed E-state index contributed by atoms with van der Waals surface area (Å²) >= 11 is 12.3. The average Bonchev–Trinajstić information content (AvgIpc) is 3.03. The number of para-hydroxylation sites is 2. The quantitative estimate of drug-likeness (QED) is 0.304. The lowest BCUT2D eigenvalue weighted by atomic mass is 10.2. The molecule has 0 fully saturated rings. The molecule has 0 saturated heterocycles. The van der Waals surface area contributed by atoms with Crippen LogP contribution >= 0.6 is 23.2 Å². The Bertz CT molecular complexity index is 1190. The van der Waals surface area contributed by atoms with Crippen molar-refractivity contribution in [3.05, 3.63) is 75.5 Å². The highest BCUT2D eigenvalue weighted by Gasteiger charge is 2.16. The van der Waals surface area contributed by atoms with Crippen molar-refractivity contribution in [3.63, 3.8) is 0 Å². The van der Waals surface area contributed by atoms with Crippen molar-refractivity contribution >= 4 is 46.9 Å². The Morgan fingerprint density at radius 1 is 1.09 bits per heavy atom. The van der Waals surface area contributed by atoms with Gasteiger partial charge in [0, 0.05) is 22.0 Å². The van der Waals surface area contributed by atoms with Gasteiger partial charge in [-0.2, -0.15) is 5.10 Å². The van der Waals surface area contributed by atoms with Gasteiger partial charge in [-0.05, 0) is 57.2 Å². The summed E-state index contributed by atoms with van der Waals surface area (Å²) in [5, 5.41) is 7.51. The van der Waals surface area contributed by atoms with Gasteiger partial charge in [-0.3, -0.25) is 9.59 Å². The van der Waals surface area contributed by atoms with Crippen molar-refractivity contribution in [2.45, 2.75) is 20.8 Å². The van der Waals surface area contributed by atoms with E-state index in [1.807, 2.05) is 37.5 Å². The maximum Gasteiger partial charge on any atom is 0.329 e. The first-order valence-corrected chi connectivity index (χ1v) is 10.6. The van der Waals surface area contributed by atoms with Crippen molar-refractivity contribution in [2.24, 2.45) is 5.10 Å². The molecule has 32 heavy (non-hydrogen) atoms. The number of nitrogens with zero attached hydrogens (tertiary/aromatic N) is 2. The molecule has 7 nitrogen and oxygen atoms in total. The topological polar surface area (TPSA) is 84.7 Å². The molecule has 0 spiro atoms. The van der Waals surface area contributed by atoms with Crippen LogP contribution in [-0.4, -0.2) is 29.2 Å². The zero-order valence-corrected chi connectivity index (χ0v) is 19.3. The van der Waals surface area contributed by atoms with E-state index in [9.17, 15) is 9.59 Å². The number of aryl methyl sites for hydroxylation is 1. The van der Waals surface area contributed by atoms with Gasteiger partial charge in [-0.1, -0.05) is 35.3 Å². The minimum atomic E-state index is -0.901. The highest BCUT2D eigenvalue weighted by Crippen LogP contribution is 2.28. The molecule has 3 rings (SSSR count). The van der Waals surface area contributed by atoms with E-state index in [-0.39, 0.29) is 0 Å². The van der Waals surface area contributed by atoms with Crippen LogP contribution in [0.25, 0.3) is 5.69 Å². The van der Waals surface area contributed by atoms with E-state index >= 15 is 0 Å². The number of nitrogens with one attached hydrogen (secondary N) is 2. The number of carbonyl (C=O) groups excluding carboxylic acids is 2. The van der Waals surface area contributed by atoms with Gasteiger partial charge in [-0.15, -0.1) is 0 Å². The van der Waals surface area contributed by atoms with Gasteiger partial charge in [0.2, 0.25) is 0 Å². The van der Waals surface area contributed by atoms with Crippen LogP contribution in [0.5, 0.6) is 5.75 Å². The Morgan fingerprint density at radius 2 is 1.84 bits per heavy atom. The number of ether oxygens (including phenoxy) is 1. The summed E-state index contributed by atoms with van der Waals surface area (Å²) in [6.45, 7) is 6.09. The number of hydrogen-bond donors (Lipinski definition) is 2. The lowest BCUT2D eigenvalue weighted by Gasteiger charge is -2.11. The predicted octanol–water partition coefficient (Wildman–Crippen LogP) is 4.89. The molecule has 166 valence electrons. The molecule has 2 amide bonds. The number of hydrogen-bond acceptors (Lipinski definition) is 4. The molecule has 0 unspecified atom stereocenters. The Hall–Kier alpha value is -3.29. The number of carbonyl (C=O) groups is 2. The van der Waals surface area contributed by atoms with Gasteiger partial charge in [-0.25, -0.2) is 5.43 Å². The number of hydrazone groups is 1. The molecule has 9 heteroatoms. The summed E-state index contributed by atoms with van der Waals surface area (Å²) < 4.78 is 7.40. The van der Waals surface area contributed by atoms with Gasteiger partial charge in [0.05, 0.1) is 29.2 Å². The molecular formula is C23H22Cl2N4O3. The molecule has 0 aliphatic carbocycles. The van der Waals surface area contributed by atoms with E-state index in [1.165, 1.54) is 6.21 Å². The summed E-state index contributed by atoms with van der Waals surface area (Å²) in [6, 6.07) is 14.0. The normalized spacial score (nSPS) is 10.9. The average molecular weight is 473 g/mol. The monoisotopic (exact) mass is 472 g/mol. The van der Waals surface area contributed by atoms with Crippen LogP contribution in [0.15, 0.2) is 53.6 Å². The van der Waals surface area contributed by atoms with E-state index < -0.39 is 11.8 Å². The number of rotatable bonds is 6. The van der Waals surface area contributed by atoms with E-state index in [2.05, 4.69) is 15.8 Å². The molecule has 0 bridgehead atoms. The fourth-order valence-corrected chi connectivity index (χ4v) is 3.69. The molecule has 2 aromatic carbocycles. The SMILES string of the molecule is CCOc1ccccc1NC(=O)C(=O)N/N=C\c1cc(C)n(-c2ccc(Cl)cc2Cl)c1C. The Balaban J connectivity index is 1.70. The molecule has 1 aromatic heterocycles. The Kier molecular flexibility index (Phi) is 7.56. The lowest BCUT2D eigenvalue weighted by molar-refractivity contribution is -0.136. The van der Waals surface area contributed by atoms with Crippen molar-refractivity contribution in [1.29, 1.82) is 0 Å². The molecule has 0 radical (unpaired) electrons. The third-order valence-electron chi connectivity index (χ3n) is 4.63. The fraction of sp³-hybridized carbons (Fsp3) is 0.174. The Morgan fingerprint density at radius 3 is 2.56 bits per heavy atom. The summed E-state index contributed by atoms with van der Waals surface area (Å²) in [7, 11) is 0. The van der Waals surface area contributed by atoms with E-state index in [0.717, 1.165) is 22.6 Å². The van der Waals surface area contributed by atoms with Gasteiger partial charge >= 0.3 is 11.8 Å². The number of benzene rings is 2. The van der Waals surface area contributed by atoms with Crippen molar-refractivity contribution in [2.75, 3.05) is 11.9 Å². The molecule has 0 aliphatic rings. The molecule has 0 aliphatic heterocycles. The van der Waals surface area contributed by atoms with Crippen LogP contribution in [-0.2, 0) is 9.59 Å². The largest absolute Gasteiger partial charge is 0.492 e. The summed E-state index contributed by atoms with van der Waals surface area (Å²) in [6.07, 6.45) is 1.47. The van der Waals surface area contributed by atoms with Crippen LogP contribution in [0.3, 0.4) is 0 Å². The molecule has 2 N–H and O–H groups in total. The van der Waals surface area contributed by atoms with Crippen LogP contribution in [0.4, 0.5) is 5.69 Å². The van der Waals surface area contributed by atoms with Gasteiger partial charge in [0.15, 0.2) is 0 Å². The van der Waals surface area contributed by atoms with E-state index in [1.54, 1.807) is 36.4 Å². The van der Waals surface area contributed by atoms with Crippen LogP contribution < -0.4 is 15.5 Å². The van der Waals surface area contributed by atoms with Crippen molar-refractivity contribution in [1.82, 2.24) is 9.99 Å². The minimum absolute atomic E-state index is 0.405. The molecule has 1 heterocycles. The first-order chi connectivity index (χ1) is 15.3. The highest BCUT2D eigenvalue weighted by molar-refractivity contribution is 6.39. The maximum absolute atomic E-state index is 12.2. The molecule has 0 saturated carbocycles. The van der Waals surface area contributed by atoms with E-state index in [0.29, 0.717) is 28.1 Å². The zero-order chi connectivity index (χ0) is 23.3. The molecule has 0 atom stereocenters. The molecular weight excluding hydrogens is 451 g/mol. The number of halogens is 2. The van der Waals surface area contributed by atoms with Crippen LogP contribution in [0, 0.1) is 13.8 Å². The maximum atomic E-state index is 12.2. The summed E-state index contributed by atoms with van der Waals surface area (Å²) in [5.74, 6) is -1.28. The van der Waals surface area contributed by atoms with Crippen molar-refractivity contribution < 1.29 is 14.3 Å². The minimum Gasteiger partial charge on any atom is -0.492 e. The smallest absolute Gasteiger partial charge is 0.329 e. The van der Waals surface area contributed by atoms with Gasteiger partial charge < -0.3 is 14.6 Å². The summed E-state index contributed by atoms with van der Waals surface area (Å²) in [5.41, 5.74) is 5.97. The highest BCUT2D eigenvalue weighted by atomic mass is 35.5. The number of amides is 2.